The van der Waals surface area contributed by atoms with E-state index in [0.29, 0.717) is 10.9 Å². The van der Waals surface area contributed by atoms with Gasteiger partial charge in [0.2, 0.25) is 5.34 Å². The van der Waals surface area contributed by atoms with Gasteiger partial charge in [-0.1, -0.05) is 13.3 Å². The molecule has 3 N–H and O–H groups in total. The van der Waals surface area contributed by atoms with E-state index in [1.54, 1.807) is 21.1 Å². The molecule has 0 saturated carbocycles. The van der Waals surface area contributed by atoms with E-state index < -0.39 is 12.9 Å². The van der Waals surface area contributed by atoms with E-state index in [1.165, 1.54) is 0 Å². The van der Waals surface area contributed by atoms with Crippen LogP contribution in [0.1, 0.15) is 26.2 Å². The van der Waals surface area contributed by atoms with Crippen LogP contribution in [0, 0.1) is 0 Å². The van der Waals surface area contributed by atoms with Crippen LogP contribution >= 0.6 is 7.60 Å². The number of likely N-dealkylation sites (N-methyl/N-ethyl adjacent to an activating group) is 1. The predicted octanol–water partition coefficient (Wildman–Crippen LogP) is 0.749. The number of unbranched alkanes of at least 4 members (excludes halogenated alkanes) is 1. The summed E-state index contributed by atoms with van der Waals surface area (Å²) in [6, 6.07) is 0. The highest BCUT2D eigenvalue weighted by molar-refractivity contribution is 7.53. The molecule has 0 aromatic heterocycles. The van der Waals surface area contributed by atoms with Gasteiger partial charge >= 0.3 is 7.60 Å². The Morgan fingerprint density at radius 2 is 1.73 bits per heavy atom. The molecule has 0 aliphatic carbocycles. The molecule has 1 atom stereocenters. The zero-order chi connectivity index (χ0) is 12.3. The van der Waals surface area contributed by atoms with Gasteiger partial charge in [0.1, 0.15) is 6.54 Å². The fourth-order valence-electron chi connectivity index (χ4n) is 1.54. The highest BCUT2D eigenvalue weighted by Gasteiger charge is 2.48. The van der Waals surface area contributed by atoms with E-state index in [4.69, 9.17) is 0 Å². The molecule has 0 rings (SSSR count). The minimum atomic E-state index is -4.47. The SMILES string of the molecule is CCCCC(O)(C[N+](C)(C)C)P(=O)(O)O. The lowest BCUT2D eigenvalue weighted by atomic mass is 10.1. The molecule has 0 aliphatic rings. The standard InChI is InChI=1S/C9H22NO4P/c1-5-6-7-9(11,15(12,13)14)8-10(2,3)4/h11H,5-8H2,1-4H3,(H-,12,13,14)/p+1. The van der Waals surface area contributed by atoms with Crippen LogP contribution in [0.5, 0.6) is 0 Å². The van der Waals surface area contributed by atoms with Crippen molar-refractivity contribution in [1.82, 2.24) is 0 Å². The molecule has 0 aromatic rings. The van der Waals surface area contributed by atoms with Crippen molar-refractivity contribution in [3.8, 4) is 0 Å². The number of hydrogen-bond acceptors (Lipinski definition) is 2. The molecular weight excluding hydrogens is 217 g/mol. The van der Waals surface area contributed by atoms with Crippen molar-refractivity contribution in [3.05, 3.63) is 0 Å². The molecule has 92 valence electrons. The summed E-state index contributed by atoms with van der Waals surface area (Å²) in [5.74, 6) is 0. The first-order valence-corrected chi connectivity index (χ1v) is 6.71. The summed E-state index contributed by atoms with van der Waals surface area (Å²) >= 11 is 0. The van der Waals surface area contributed by atoms with Gasteiger partial charge in [0.15, 0.2) is 0 Å². The highest BCUT2D eigenvalue weighted by Crippen LogP contribution is 2.52. The normalized spacial score (nSPS) is 17.5. The van der Waals surface area contributed by atoms with Crippen LogP contribution in [0.3, 0.4) is 0 Å². The van der Waals surface area contributed by atoms with Crippen molar-refractivity contribution >= 4 is 7.60 Å². The topological polar surface area (TPSA) is 77.8 Å². The van der Waals surface area contributed by atoms with Crippen LogP contribution < -0.4 is 0 Å². The van der Waals surface area contributed by atoms with Crippen molar-refractivity contribution in [2.75, 3.05) is 27.7 Å². The lowest BCUT2D eigenvalue weighted by Gasteiger charge is -2.35. The minimum absolute atomic E-state index is 0.0529. The smallest absolute Gasteiger partial charge is 0.362 e. The summed E-state index contributed by atoms with van der Waals surface area (Å²) in [5.41, 5.74) is 0. The molecule has 0 spiro atoms. The molecule has 0 radical (unpaired) electrons. The van der Waals surface area contributed by atoms with Crippen molar-refractivity contribution in [2.24, 2.45) is 0 Å². The van der Waals surface area contributed by atoms with Crippen LogP contribution in [0.4, 0.5) is 0 Å². The highest BCUT2D eigenvalue weighted by atomic mass is 31.2. The molecule has 1 unspecified atom stereocenters. The molecule has 0 aromatic carbocycles. The van der Waals surface area contributed by atoms with Gasteiger partial charge in [0.25, 0.3) is 0 Å². The maximum absolute atomic E-state index is 11.3. The molecule has 6 heteroatoms. The third-order valence-electron chi connectivity index (χ3n) is 2.20. The Bertz CT molecular complexity index is 245. The monoisotopic (exact) mass is 240 g/mol. The first-order valence-electron chi connectivity index (χ1n) is 5.10. The van der Waals surface area contributed by atoms with Crippen molar-refractivity contribution in [3.63, 3.8) is 0 Å². The van der Waals surface area contributed by atoms with Crippen LogP contribution in [-0.2, 0) is 4.57 Å². The predicted molar refractivity (Wildman–Crippen MR) is 59.4 cm³/mol. The second kappa shape index (κ2) is 4.93. The summed E-state index contributed by atoms with van der Waals surface area (Å²) in [7, 11) is 0.921. The largest absolute Gasteiger partial charge is 0.373 e. The van der Waals surface area contributed by atoms with Gasteiger partial charge in [-0.25, -0.2) is 0 Å². The van der Waals surface area contributed by atoms with Gasteiger partial charge in [0.05, 0.1) is 21.1 Å². The van der Waals surface area contributed by atoms with E-state index in [-0.39, 0.29) is 13.0 Å². The average Bonchev–Trinajstić information content (AvgIpc) is 1.95. The first kappa shape index (κ1) is 15.1. The summed E-state index contributed by atoms with van der Waals surface area (Å²) in [6.07, 6.45) is 1.56. The quantitative estimate of drug-likeness (QED) is 0.473. The zero-order valence-electron chi connectivity index (χ0n) is 9.97. The van der Waals surface area contributed by atoms with Gasteiger partial charge in [-0.15, -0.1) is 0 Å². The van der Waals surface area contributed by atoms with Gasteiger partial charge in [-0.2, -0.15) is 0 Å². The van der Waals surface area contributed by atoms with Crippen molar-refractivity contribution in [2.45, 2.75) is 31.5 Å². The Morgan fingerprint density at radius 1 is 1.27 bits per heavy atom. The fraction of sp³-hybridized carbons (Fsp3) is 1.00. The number of quaternary nitrogens is 1. The zero-order valence-corrected chi connectivity index (χ0v) is 10.9. The lowest BCUT2D eigenvalue weighted by molar-refractivity contribution is -0.875. The van der Waals surface area contributed by atoms with Gasteiger partial charge in [-0.3, -0.25) is 4.57 Å². The average molecular weight is 240 g/mol. The second-order valence-corrected chi connectivity index (χ2v) is 7.00. The third kappa shape index (κ3) is 5.09. The molecule has 0 aliphatic heterocycles. The van der Waals surface area contributed by atoms with Gasteiger partial charge in [0, 0.05) is 0 Å². The van der Waals surface area contributed by atoms with Crippen LogP contribution in [0.15, 0.2) is 0 Å². The van der Waals surface area contributed by atoms with Gasteiger partial charge in [-0.05, 0) is 12.8 Å². The molecule has 5 nitrogen and oxygen atoms in total. The van der Waals surface area contributed by atoms with E-state index in [2.05, 4.69) is 0 Å². The Labute approximate surface area is 91.5 Å². The maximum Gasteiger partial charge on any atom is 0.362 e. The van der Waals surface area contributed by atoms with E-state index in [0.717, 1.165) is 6.42 Å². The molecule has 0 amide bonds. The van der Waals surface area contributed by atoms with Crippen LogP contribution in [0.25, 0.3) is 0 Å². The first-order chi connectivity index (χ1) is 6.52. The summed E-state index contributed by atoms with van der Waals surface area (Å²) < 4.78 is 11.6. The number of nitrogens with zero attached hydrogens (tertiary/aromatic N) is 1. The number of rotatable bonds is 6. The molecule has 0 bridgehead atoms. The Hall–Kier alpha value is 0.0700. The number of aliphatic hydroxyl groups is 1. The summed E-state index contributed by atoms with van der Waals surface area (Å²) in [5, 5.41) is 8.15. The third-order valence-corrected chi connectivity index (χ3v) is 3.65. The summed E-state index contributed by atoms with van der Waals surface area (Å²) in [4.78, 5) is 18.4. The fourth-order valence-corrected chi connectivity index (χ4v) is 2.59. The van der Waals surface area contributed by atoms with Crippen molar-refractivity contribution in [1.29, 1.82) is 0 Å². The van der Waals surface area contributed by atoms with Gasteiger partial charge < -0.3 is 19.4 Å². The number of hydrogen-bond donors (Lipinski definition) is 3. The van der Waals surface area contributed by atoms with Crippen LogP contribution in [-0.4, -0.2) is 52.4 Å². The van der Waals surface area contributed by atoms with E-state index >= 15 is 0 Å². The van der Waals surface area contributed by atoms with E-state index in [1.807, 2.05) is 6.92 Å². The minimum Gasteiger partial charge on any atom is -0.373 e. The lowest BCUT2D eigenvalue weighted by Crippen LogP contribution is -2.49. The molecule has 0 saturated heterocycles. The Kier molecular flexibility index (Phi) is 4.96. The maximum atomic E-state index is 11.3. The Morgan fingerprint density at radius 3 is 2.00 bits per heavy atom. The van der Waals surface area contributed by atoms with Crippen LogP contribution in [0.2, 0.25) is 0 Å². The van der Waals surface area contributed by atoms with Crippen molar-refractivity contribution < 1.29 is 23.9 Å². The molecular formula is C9H23NO4P+. The van der Waals surface area contributed by atoms with E-state index in [9.17, 15) is 19.5 Å². The molecule has 0 heterocycles. The summed E-state index contributed by atoms with van der Waals surface area (Å²) in [6.45, 7) is 1.98. The Balaban J connectivity index is 4.80. The molecule has 15 heavy (non-hydrogen) atoms. The molecule has 0 fully saturated rings. The second-order valence-electron chi connectivity index (χ2n) is 5.08.